The minimum atomic E-state index is -1.47. The predicted molar refractivity (Wildman–Crippen MR) is 118 cm³/mol. The smallest absolute Gasteiger partial charge is 0.414 e. The van der Waals surface area contributed by atoms with Crippen molar-refractivity contribution in [2.24, 2.45) is 4.99 Å². The summed E-state index contributed by atoms with van der Waals surface area (Å²) < 4.78 is 5.12. The quantitative estimate of drug-likeness (QED) is 0.483. The van der Waals surface area contributed by atoms with Crippen LogP contribution < -0.4 is 4.74 Å². The number of rotatable bonds is 6. The van der Waals surface area contributed by atoms with Gasteiger partial charge in [0.2, 0.25) is 0 Å². The largest absolute Gasteiger partial charge is 0.497 e. The van der Waals surface area contributed by atoms with Crippen LogP contribution in [0.1, 0.15) is 24.1 Å². The van der Waals surface area contributed by atoms with Crippen LogP contribution in [0.2, 0.25) is 0 Å². The molecule has 0 radical (unpaired) electrons. The summed E-state index contributed by atoms with van der Waals surface area (Å²) in [6.45, 7) is 1.44. The molecule has 11 heteroatoms. The van der Waals surface area contributed by atoms with Crippen LogP contribution >= 0.6 is 11.8 Å². The molecule has 1 aliphatic heterocycles. The van der Waals surface area contributed by atoms with Gasteiger partial charge in [0.15, 0.2) is 5.17 Å². The lowest BCUT2D eigenvalue weighted by Crippen LogP contribution is -2.42. The van der Waals surface area contributed by atoms with Crippen LogP contribution in [-0.4, -0.2) is 44.4 Å². The maximum atomic E-state index is 12.2. The molecular formula is C21H19N3O7S. The van der Waals surface area contributed by atoms with Crippen LogP contribution in [0, 0.1) is 10.1 Å². The Hall–Kier alpha value is -3.86. The van der Waals surface area contributed by atoms with Crippen molar-refractivity contribution in [3.63, 3.8) is 0 Å². The second-order valence-corrected chi connectivity index (χ2v) is 7.65. The van der Waals surface area contributed by atoms with Gasteiger partial charge in [0.1, 0.15) is 11.8 Å². The zero-order chi connectivity index (χ0) is 23.4. The summed E-state index contributed by atoms with van der Waals surface area (Å²) in [5.41, 5.74) is 0.174. The molecule has 166 valence electrons. The molecule has 0 saturated carbocycles. The molecule has 1 heterocycles. The van der Waals surface area contributed by atoms with Gasteiger partial charge in [-0.3, -0.25) is 10.1 Å². The highest BCUT2D eigenvalue weighted by atomic mass is 32.2. The Balaban J connectivity index is 2.06. The molecule has 32 heavy (non-hydrogen) atoms. The molecule has 0 spiro atoms. The number of methoxy groups -OCH3 is 1. The average molecular weight is 457 g/mol. The second-order valence-electron chi connectivity index (χ2n) is 6.71. The van der Waals surface area contributed by atoms with E-state index in [0.29, 0.717) is 11.5 Å². The van der Waals surface area contributed by atoms with Gasteiger partial charge in [-0.1, -0.05) is 36.0 Å². The Labute approximate surface area is 187 Å². The van der Waals surface area contributed by atoms with E-state index in [1.54, 1.807) is 19.2 Å². The van der Waals surface area contributed by atoms with Crippen molar-refractivity contribution >= 4 is 34.7 Å². The summed E-state index contributed by atoms with van der Waals surface area (Å²) in [5, 5.41) is 31.3. The molecule has 2 aromatic rings. The number of nitrogens with zero attached hydrogens (tertiary/aromatic N) is 3. The highest BCUT2D eigenvalue weighted by molar-refractivity contribution is 8.13. The standard InChI is InChI=1S/C21H19N3O7S/c1-12-17(19(25)26)18(15-5-3-4-6-16(15)24(29)30)23(21(27)28)20(22-12)32-11-13-7-9-14(31-2)10-8-13/h3-10,18H,11H2,1-2H3,(H,25,26)(H,27,28). The van der Waals surface area contributed by atoms with E-state index in [4.69, 9.17) is 4.74 Å². The predicted octanol–water partition coefficient (Wildman–Crippen LogP) is 4.29. The number of aliphatic carboxylic acids is 1. The van der Waals surface area contributed by atoms with Crippen molar-refractivity contribution in [3.8, 4) is 5.75 Å². The number of allylic oxidation sites excluding steroid dienone is 1. The first-order valence-electron chi connectivity index (χ1n) is 9.28. The number of benzene rings is 2. The molecule has 0 aliphatic carbocycles. The molecule has 2 aromatic carbocycles. The monoisotopic (exact) mass is 457 g/mol. The Kier molecular flexibility index (Phi) is 6.79. The number of carbonyl (C=O) groups is 2. The van der Waals surface area contributed by atoms with Crippen LogP contribution in [0.15, 0.2) is 64.8 Å². The third-order valence-electron chi connectivity index (χ3n) is 4.78. The normalized spacial score (nSPS) is 15.9. The van der Waals surface area contributed by atoms with Gasteiger partial charge in [-0.2, -0.15) is 0 Å². The molecule has 0 fully saturated rings. The molecule has 0 saturated heterocycles. The van der Waals surface area contributed by atoms with Crippen LogP contribution in [0.25, 0.3) is 0 Å². The van der Waals surface area contributed by atoms with Gasteiger partial charge in [-0.15, -0.1) is 0 Å². The van der Waals surface area contributed by atoms with Gasteiger partial charge in [0.25, 0.3) is 5.69 Å². The van der Waals surface area contributed by atoms with E-state index in [9.17, 15) is 29.9 Å². The van der Waals surface area contributed by atoms with Crippen molar-refractivity contribution in [1.29, 1.82) is 0 Å². The number of para-hydroxylation sites is 1. The summed E-state index contributed by atoms with van der Waals surface area (Å²) in [6, 6.07) is 11.2. The molecule has 0 aromatic heterocycles. The molecule has 3 rings (SSSR count). The Morgan fingerprint density at radius 3 is 2.41 bits per heavy atom. The number of carboxylic acid groups (broad SMARTS) is 2. The number of nitro groups is 1. The number of hydrogen-bond acceptors (Lipinski definition) is 7. The summed E-state index contributed by atoms with van der Waals surface area (Å²) in [4.78, 5) is 40.1. The SMILES string of the molecule is COc1ccc(CSC2=NC(C)=C(C(=O)O)C(c3ccccc3[N+](=O)[O-])N2C(=O)O)cc1. The molecule has 1 amide bonds. The van der Waals surface area contributed by atoms with Gasteiger partial charge < -0.3 is 14.9 Å². The lowest BCUT2D eigenvalue weighted by atomic mass is 9.93. The summed E-state index contributed by atoms with van der Waals surface area (Å²) in [5.74, 6) is -0.395. The number of amidine groups is 1. The first-order chi connectivity index (χ1) is 15.2. The fourth-order valence-electron chi connectivity index (χ4n) is 3.31. The van der Waals surface area contributed by atoms with Crippen molar-refractivity contribution < 1.29 is 29.5 Å². The Morgan fingerprint density at radius 1 is 1.19 bits per heavy atom. The molecule has 0 bridgehead atoms. The van der Waals surface area contributed by atoms with Crippen LogP contribution in [-0.2, 0) is 10.5 Å². The van der Waals surface area contributed by atoms with E-state index in [1.165, 1.54) is 31.2 Å². The van der Waals surface area contributed by atoms with Crippen molar-refractivity contribution in [3.05, 3.63) is 81.0 Å². The van der Waals surface area contributed by atoms with Gasteiger partial charge in [-0.25, -0.2) is 19.5 Å². The highest BCUT2D eigenvalue weighted by Crippen LogP contribution is 2.41. The lowest BCUT2D eigenvalue weighted by molar-refractivity contribution is -0.385. The van der Waals surface area contributed by atoms with Gasteiger partial charge in [-0.05, 0) is 30.7 Å². The number of hydrogen-bond donors (Lipinski definition) is 2. The molecule has 2 N–H and O–H groups in total. The first-order valence-corrected chi connectivity index (χ1v) is 10.3. The van der Waals surface area contributed by atoms with E-state index < -0.39 is 23.0 Å². The molecule has 10 nitrogen and oxygen atoms in total. The van der Waals surface area contributed by atoms with Crippen molar-refractivity contribution in [2.75, 3.05) is 7.11 Å². The van der Waals surface area contributed by atoms with E-state index in [0.717, 1.165) is 22.2 Å². The third-order valence-corrected chi connectivity index (χ3v) is 5.81. The van der Waals surface area contributed by atoms with Crippen LogP contribution in [0.5, 0.6) is 5.75 Å². The number of amides is 1. The number of carboxylic acids is 1. The van der Waals surface area contributed by atoms with Gasteiger partial charge in [0, 0.05) is 11.8 Å². The zero-order valence-corrected chi connectivity index (χ0v) is 17.9. The number of ether oxygens (including phenoxy) is 1. The maximum Gasteiger partial charge on any atom is 0.414 e. The van der Waals surface area contributed by atoms with Crippen LogP contribution in [0.4, 0.5) is 10.5 Å². The summed E-state index contributed by atoms with van der Waals surface area (Å²) in [7, 11) is 1.54. The molecule has 1 unspecified atom stereocenters. The Morgan fingerprint density at radius 2 is 1.84 bits per heavy atom. The molecule has 1 aliphatic rings. The third kappa shape index (κ3) is 4.57. The highest BCUT2D eigenvalue weighted by Gasteiger charge is 2.42. The van der Waals surface area contributed by atoms with Crippen molar-refractivity contribution in [2.45, 2.75) is 18.7 Å². The minimum absolute atomic E-state index is 0.0268. The van der Waals surface area contributed by atoms with Crippen LogP contribution in [0.3, 0.4) is 0 Å². The fourth-order valence-corrected chi connectivity index (χ4v) is 4.32. The number of nitro benzene ring substituents is 1. The van der Waals surface area contributed by atoms with E-state index in [2.05, 4.69) is 4.99 Å². The molecule has 1 atom stereocenters. The average Bonchev–Trinajstić information content (AvgIpc) is 2.76. The minimum Gasteiger partial charge on any atom is -0.497 e. The fraction of sp³-hybridized carbons (Fsp3) is 0.190. The van der Waals surface area contributed by atoms with E-state index >= 15 is 0 Å². The van der Waals surface area contributed by atoms with Crippen molar-refractivity contribution in [1.82, 2.24) is 4.90 Å². The lowest BCUT2D eigenvalue weighted by Gasteiger charge is -2.34. The maximum absolute atomic E-state index is 12.2. The number of thioether (sulfide) groups is 1. The van der Waals surface area contributed by atoms with E-state index in [-0.39, 0.29) is 27.7 Å². The molecular weight excluding hydrogens is 438 g/mol. The van der Waals surface area contributed by atoms with Gasteiger partial charge >= 0.3 is 12.1 Å². The zero-order valence-electron chi connectivity index (χ0n) is 17.1. The Bertz CT molecular complexity index is 1130. The van der Waals surface area contributed by atoms with E-state index in [1.807, 2.05) is 12.1 Å². The first kappa shape index (κ1) is 22.8. The summed E-state index contributed by atoms with van der Waals surface area (Å²) in [6.07, 6.45) is -1.47. The van der Waals surface area contributed by atoms with Gasteiger partial charge in [0.05, 0.1) is 28.9 Å². The summed E-state index contributed by atoms with van der Waals surface area (Å²) >= 11 is 1.09. The number of aliphatic imine (C=N–C) groups is 1. The topological polar surface area (TPSA) is 143 Å². The second kappa shape index (κ2) is 9.52.